The van der Waals surface area contributed by atoms with E-state index in [1.54, 1.807) is 0 Å². The van der Waals surface area contributed by atoms with Crippen molar-refractivity contribution in [3.05, 3.63) is 510 Å². The summed E-state index contributed by atoms with van der Waals surface area (Å²) in [5.41, 5.74) is 31.0. The third kappa shape index (κ3) is 13.4. The van der Waals surface area contributed by atoms with Crippen molar-refractivity contribution in [1.82, 2.24) is 0 Å². The molecule has 4 heteroatoms. The third-order valence-corrected chi connectivity index (χ3v) is 29.3. The Labute approximate surface area is 817 Å². The summed E-state index contributed by atoms with van der Waals surface area (Å²) < 4.78 is 26.4. The standard InChI is InChI=1S/C48H28O2.C48H30O.C42H26O/c1-2-13-30-28-31(25-24-29(30)12-1)44-32-14-3-5-16-34(32)45(35-17-6-4-15-33(35)44)40-27-26-37(48-47(40)39-19-8-10-22-42(39)50-48)36-20-11-23-43-46(36)38-18-7-9-21-41(38)49-43;1-2-15-32(16-3-1)36-18-6-7-19-37(36)35-29-43(48-42-24-12-13-25-44(42)49-45(48)30-35)47-40-22-10-8-20-38(40)46(39-21-9-11-23-41(39)47)34-27-26-31-14-4-5-17-33(31)28-34;1-2-12-27(13-3-1)31-25-37(42-36-20-10-11-21-38(36)43-39(42)26-31)41-34-18-8-6-16-32(34)40(33-17-7-9-19-35(33)41)30-23-22-28-14-4-5-15-29(28)24-30/h1-28H;1-30H;1-26H. The van der Waals surface area contributed by atoms with Gasteiger partial charge in [0.2, 0.25) is 0 Å². The summed E-state index contributed by atoms with van der Waals surface area (Å²) in [5.74, 6) is 0. The van der Waals surface area contributed by atoms with Gasteiger partial charge in [-0.3, -0.25) is 0 Å². The quantitative estimate of drug-likeness (QED) is 0.128. The molecule has 0 bridgehead atoms. The molecule has 4 nitrogen and oxygen atoms in total. The minimum Gasteiger partial charge on any atom is -0.456 e. The predicted molar refractivity (Wildman–Crippen MR) is 600 cm³/mol. The number of para-hydroxylation sites is 4. The van der Waals surface area contributed by atoms with Gasteiger partial charge in [-0.05, 0) is 282 Å². The summed E-state index contributed by atoms with van der Waals surface area (Å²) in [7, 11) is 0. The Morgan fingerprint density at radius 3 is 0.775 bits per heavy atom. The molecule has 0 radical (unpaired) electrons. The molecule has 26 aromatic carbocycles. The lowest BCUT2D eigenvalue weighted by atomic mass is 9.83. The second-order valence-electron chi connectivity index (χ2n) is 37.2. The first-order valence-corrected chi connectivity index (χ1v) is 48.7. The summed E-state index contributed by atoms with van der Waals surface area (Å²) in [6.07, 6.45) is 0. The van der Waals surface area contributed by atoms with E-state index in [0.717, 1.165) is 116 Å². The van der Waals surface area contributed by atoms with E-state index in [4.69, 9.17) is 17.7 Å². The molecule has 0 unspecified atom stereocenters. The molecule has 0 aliphatic carbocycles. The second kappa shape index (κ2) is 33.6. The highest BCUT2D eigenvalue weighted by Crippen LogP contribution is 2.55. The van der Waals surface area contributed by atoms with Crippen LogP contribution in [0.4, 0.5) is 0 Å². The largest absolute Gasteiger partial charge is 0.456 e. The topological polar surface area (TPSA) is 52.6 Å². The molecule has 0 atom stereocenters. The maximum Gasteiger partial charge on any atom is 0.143 e. The van der Waals surface area contributed by atoms with Crippen molar-refractivity contribution < 1.29 is 17.7 Å². The molecular formula is C138H84O4. The maximum absolute atomic E-state index is 6.87. The Bertz CT molecular complexity index is 10200. The molecule has 142 heavy (non-hydrogen) atoms. The van der Waals surface area contributed by atoms with E-state index in [2.05, 4.69) is 491 Å². The van der Waals surface area contributed by atoms with Crippen LogP contribution in [-0.2, 0) is 0 Å². The highest BCUT2D eigenvalue weighted by molar-refractivity contribution is 6.32. The smallest absolute Gasteiger partial charge is 0.143 e. The molecule has 0 N–H and O–H groups in total. The zero-order valence-electron chi connectivity index (χ0n) is 77.1. The first-order valence-electron chi connectivity index (χ1n) is 48.7. The fourth-order valence-corrected chi connectivity index (χ4v) is 23.1. The van der Waals surface area contributed by atoms with Crippen LogP contribution in [0, 0.1) is 0 Å². The number of benzene rings is 26. The van der Waals surface area contributed by atoms with Crippen molar-refractivity contribution >= 4 is 185 Å². The van der Waals surface area contributed by atoms with Gasteiger partial charge >= 0.3 is 0 Å². The van der Waals surface area contributed by atoms with Gasteiger partial charge in [0.05, 0.1) is 0 Å². The summed E-state index contributed by atoms with van der Waals surface area (Å²) >= 11 is 0. The highest BCUT2D eigenvalue weighted by atomic mass is 16.3. The lowest BCUT2D eigenvalue weighted by Gasteiger charge is -2.19. The van der Waals surface area contributed by atoms with Gasteiger partial charge in [0.25, 0.3) is 0 Å². The van der Waals surface area contributed by atoms with E-state index in [1.807, 2.05) is 18.2 Å². The first kappa shape index (κ1) is 81.6. The van der Waals surface area contributed by atoms with Crippen LogP contribution in [0.1, 0.15) is 0 Å². The van der Waals surface area contributed by atoms with Gasteiger partial charge in [-0.15, -0.1) is 0 Å². The fourth-order valence-electron chi connectivity index (χ4n) is 23.1. The van der Waals surface area contributed by atoms with Crippen LogP contribution in [0.25, 0.3) is 296 Å². The lowest BCUT2D eigenvalue weighted by Crippen LogP contribution is -1.92. The zero-order valence-corrected chi connectivity index (χ0v) is 77.1. The van der Waals surface area contributed by atoms with E-state index in [1.165, 1.54) is 180 Å². The van der Waals surface area contributed by atoms with Gasteiger partial charge in [-0.1, -0.05) is 431 Å². The third-order valence-electron chi connectivity index (χ3n) is 29.3. The minimum absolute atomic E-state index is 0.873. The molecule has 4 aromatic heterocycles. The minimum atomic E-state index is 0.873. The van der Waals surface area contributed by atoms with E-state index >= 15 is 0 Å². The molecule has 4 heterocycles. The van der Waals surface area contributed by atoms with E-state index < -0.39 is 0 Å². The van der Waals surface area contributed by atoms with Crippen molar-refractivity contribution in [1.29, 1.82) is 0 Å². The molecule has 0 aliphatic heterocycles. The van der Waals surface area contributed by atoms with Crippen molar-refractivity contribution in [2.24, 2.45) is 0 Å². The zero-order chi connectivity index (χ0) is 93.4. The van der Waals surface area contributed by atoms with Crippen LogP contribution in [-0.4, -0.2) is 0 Å². The highest BCUT2D eigenvalue weighted by Gasteiger charge is 2.29. The van der Waals surface area contributed by atoms with Gasteiger partial charge in [0.1, 0.15) is 44.7 Å². The molecule has 0 saturated heterocycles. The number of fused-ring (bicyclic) bond motifs is 21. The number of hydrogen-bond acceptors (Lipinski definition) is 4. The van der Waals surface area contributed by atoms with Crippen LogP contribution in [0.15, 0.2) is 527 Å². The predicted octanol–water partition coefficient (Wildman–Crippen LogP) is 39.7. The Morgan fingerprint density at radius 2 is 0.373 bits per heavy atom. The molecule has 660 valence electrons. The normalized spacial score (nSPS) is 11.8. The average Bonchev–Trinajstić information content (AvgIpc) is 1.61. The van der Waals surface area contributed by atoms with Crippen LogP contribution >= 0.6 is 0 Å². The lowest BCUT2D eigenvalue weighted by molar-refractivity contribution is 0.668. The Balaban J connectivity index is 0.000000104. The van der Waals surface area contributed by atoms with Crippen LogP contribution in [0.3, 0.4) is 0 Å². The molecule has 30 rings (SSSR count). The fraction of sp³-hybridized carbons (Fsp3) is 0. The maximum atomic E-state index is 6.87. The molecule has 0 fully saturated rings. The molecular weight excluding hydrogens is 1720 g/mol. The molecule has 0 spiro atoms. The van der Waals surface area contributed by atoms with Crippen molar-refractivity contribution in [2.45, 2.75) is 0 Å². The molecule has 30 aromatic rings. The Morgan fingerprint density at radius 1 is 0.106 bits per heavy atom. The van der Waals surface area contributed by atoms with Gasteiger partial charge in [0.15, 0.2) is 0 Å². The summed E-state index contributed by atoms with van der Waals surface area (Å²) in [6.45, 7) is 0. The summed E-state index contributed by atoms with van der Waals surface area (Å²) in [5, 5.41) is 31.3. The van der Waals surface area contributed by atoms with Gasteiger partial charge in [0, 0.05) is 48.7 Å². The monoisotopic (exact) mass is 1800 g/mol. The average molecular weight is 1810 g/mol. The molecule has 0 amide bonds. The number of rotatable bonds is 10. The van der Waals surface area contributed by atoms with Crippen molar-refractivity contribution in [3.8, 4) is 111 Å². The van der Waals surface area contributed by atoms with E-state index in [-0.39, 0.29) is 0 Å². The van der Waals surface area contributed by atoms with Gasteiger partial charge in [-0.2, -0.15) is 0 Å². The van der Waals surface area contributed by atoms with Crippen molar-refractivity contribution in [3.63, 3.8) is 0 Å². The molecule has 0 aliphatic rings. The molecule has 0 saturated carbocycles. The van der Waals surface area contributed by atoms with Crippen LogP contribution < -0.4 is 0 Å². The van der Waals surface area contributed by atoms with Crippen LogP contribution in [0.2, 0.25) is 0 Å². The summed E-state index contributed by atoms with van der Waals surface area (Å²) in [4.78, 5) is 0. The number of furan rings is 4. The van der Waals surface area contributed by atoms with Crippen molar-refractivity contribution in [2.75, 3.05) is 0 Å². The van der Waals surface area contributed by atoms with Gasteiger partial charge < -0.3 is 17.7 Å². The van der Waals surface area contributed by atoms with E-state index in [9.17, 15) is 0 Å². The van der Waals surface area contributed by atoms with Gasteiger partial charge in [-0.25, -0.2) is 0 Å². The first-order chi connectivity index (χ1) is 70.5. The van der Waals surface area contributed by atoms with E-state index in [0.29, 0.717) is 0 Å². The summed E-state index contributed by atoms with van der Waals surface area (Å²) in [6, 6.07) is 183. The second-order valence-corrected chi connectivity index (χ2v) is 37.2. The van der Waals surface area contributed by atoms with Crippen LogP contribution in [0.5, 0.6) is 0 Å². The Kier molecular flexibility index (Phi) is 19.3. The SMILES string of the molecule is c1ccc(-c2cc(-c3c4ccccc4c(-c4ccc5ccccc5c4)c4ccccc34)c3c(c2)oc2ccccc23)cc1.c1ccc(-c2ccccc2-c2cc(-c3c4ccccc4c(-c4ccc5ccccc5c4)c4ccccc34)c3c(c2)oc2ccccc23)cc1.c1ccc2cc(-c3c4ccccc4c(-c4ccc(-c5cccc6oc7ccccc7c56)c5oc6ccccc6c45)c4ccccc34)ccc2c1. The number of hydrogen-bond donors (Lipinski definition) is 0. The Hall–Kier alpha value is -18.7.